The highest BCUT2D eigenvalue weighted by molar-refractivity contribution is 14.0. The maximum atomic E-state index is 5.78. The minimum Gasteiger partial charge on any atom is -0.381 e. The molecule has 0 aliphatic carbocycles. The molecular formula is C24H38IN5O2. The van der Waals surface area contributed by atoms with Crippen molar-refractivity contribution in [1.82, 2.24) is 20.4 Å². The van der Waals surface area contributed by atoms with Crippen LogP contribution in [0.2, 0.25) is 0 Å². The van der Waals surface area contributed by atoms with E-state index in [4.69, 9.17) is 19.6 Å². The third kappa shape index (κ3) is 8.37. The highest BCUT2D eigenvalue weighted by atomic mass is 127. The van der Waals surface area contributed by atoms with Crippen molar-refractivity contribution >= 4 is 29.9 Å². The van der Waals surface area contributed by atoms with E-state index in [1.54, 1.807) is 0 Å². The third-order valence-electron chi connectivity index (χ3n) is 5.58. The molecule has 2 N–H and O–H groups in total. The molecule has 0 saturated carbocycles. The molecule has 1 saturated heterocycles. The number of nitrogens with zero attached hydrogens (tertiary/aromatic N) is 3. The van der Waals surface area contributed by atoms with Crippen LogP contribution in [0.4, 0.5) is 0 Å². The summed E-state index contributed by atoms with van der Waals surface area (Å²) in [4.78, 5) is 4.79. The largest absolute Gasteiger partial charge is 0.381 e. The SMILES string of the molecule is CCNC(=NCc1c(C)nn(Cc2ccccc2)c1C)NCCCOCC1CCOC1.I. The Labute approximate surface area is 209 Å². The molecular weight excluding hydrogens is 517 g/mol. The summed E-state index contributed by atoms with van der Waals surface area (Å²) in [7, 11) is 0. The van der Waals surface area contributed by atoms with Gasteiger partial charge in [0.2, 0.25) is 0 Å². The van der Waals surface area contributed by atoms with E-state index >= 15 is 0 Å². The number of rotatable bonds is 11. The first-order chi connectivity index (χ1) is 15.2. The Kier molecular flexibility index (Phi) is 12.0. The molecule has 2 aromatic rings. The number of guanidine groups is 1. The van der Waals surface area contributed by atoms with Gasteiger partial charge < -0.3 is 20.1 Å². The standard InChI is InChI=1S/C24H37N5O2.HI/c1-4-25-24(26-12-8-13-30-17-22-11-14-31-18-22)27-15-23-19(2)28-29(20(23)3)16-21-9-6-5-7-10-21;/h5-7,9-10,22H,4,8,11-18H2,1-3H3,(H2,25,26,27);1H. The van der Waals surface area contributed by atoms with E-state index in [1.807, 2.05) is 6.07 Å². The molecule has 1 aromatic carbocycles. The first-order valence-electron chi connectivity index (χ1n) is 11.4. The molecule has 0 amide bonds. The molecule has 1 aliphatic rings. The maximum Gasteiger partial charge on any atom is 0.191 e. The lowest BCUT2D eigenvalue weighted by Crippen LogP contribution is -2.38. The van der Waals surface area contributed by atoms with Crippen LogP contribution >= 0.6 is 24.0 Å². The molecule has 2 heterocycles. The Hall–Kier alpha value is -1.65. The summed E-state index contributed by atoms with van der Waals surface area (Å²) in [5.74, 6) is 1.41. The van der Waals surface area contributed by atoms with Gasteiger partial charge in [-0.15, -0.1) is 24.0 Å². The summed E-state index contributed by atoms with van der Waals surface area (Å²) in [5, 5.41) is 11.5. The summed E-state index contributed by atoms with van der Waals surface area (Å²) >= 11 is 0. The molecule has 1 fully saturated rings. The molecule has 0 radical (unpaired) electrons. The van der Waals surface area contributed by atoms with Crippen LogP contribution < -0.4 is 10.6 Å². The van der Waals surface area contributed by atoms with Gasteiger partial charge in [-0.05, 0) is 39.2 Å². The van der Waals surface area contributed by atoms with Gasteiger partial charge in [-0.25, -0.2) is 4.99 Å². The van der Waals surface area contributed by atoms with E-state index in [-0.39, 0.29) is 24.0 Å². The van der Waals surface area contributed by atoms with E-state index in [0.717, 1.165) is 70.6 Å². The van der Waals surface area contributed by atoms with E-state index < -0.39 is 0 Å². The molecule has 178 valence electrons. The zero-order valence-corrected chi connectivity index (χ0v) is 21.9. The minimum absolute atomic E-state index is 0. The number of aryl methyl sites for hydroxylation is 1. The second kappa shape index (κ2) is 14.5. The second-order valence-electron chi connectivity index (χ2n) is 8.07. The lowest BCUT2D eigenvalue weighted by Gasteiger charge is -2.12. The Morgan fingerprint density at radius 1 is 1.25 bits per heavy atom. The number of hydrogen-bond donors (Lipinski definition) is 2. The average Bonchev–Trinajstić information content (AvgIpc) is 3.38. The van der Waals surface area contributed by atoms with Gasteiger partial charge in [0.05, 0.1) is 32.0 Å². The van der Waals surface area contributed by atoms with E-state index in [9.17, 15) is 0 Å². The number of nitrogens with one attached hydrogen (secondary N) is 2. The van der Waals surface area contributed by atoms with Crippen LogP contribution in [-0.4, -0.2) is 55.3 Å². The summed E-state index contributed by atoms with van der Waals surface area (Å²) in [5.41, 5.74) is 4.65. The second-order valence-corrected chi connectivity index (χ2v) is 8.07. The number of ether oxygens (including phenoxy) is 2. The summed E-state index contributed by atoms with van der Waals surface area (Å²) in [6.45, 7) is 12.6. The average molecular weight is 556 g/mol. The molecule has 0 bridgehead atoms. The van der Waals surface area contributed by atoms with Gasteiger partial charge in [0.15, 0.2) is 5.96 Å². The molecule has 3 rings (SSSR count). The maximum absolute atomic E-state index is 5.78. The normalized spacial score (nSPS) is 16.1. The van der Waals surface area contributed by atoms with Crippen molar-refractivity contribution in [2.45, 2.75) is 46.7 Å². The fourth-order valence-corrected chi connectivity index (χ4v) is 3.72. The fraction of sp³-hybridized carbons (Fsp3) is 0.583. The summed E-state index contributed by atoms with van der Waals surface area (Å²) in [6.07, 6.45) is 2.07. The monoisotopic (exact) mass is 555 g/mol. The van der Waals surface area contributed by atoms with E-state index in [2.05, 4.69) is 60.4 Å². The number of aliphatic imine (C=N–C) groups is 1. The van der Waals surface area contributed by atoms with Gasteiger partial charge in [0, 0.05) is 43.5 Å². The molecule has 1 aliphatic heterocycles. The molecule has 0 spiro atoms. The van der Waals surface area contributed by atoms with Crippen molar-refractivity contribution < 1.29 is 9.47 Å². The van der Waals surface area contributed by atoms with Gasteiger partial charge in [-0.3, -0.25) is 4.68 Å². The van der Waals surface area contributed by atoms with E-state index in [1.165, 1.54) is 16.8 Å². The Morgan fingerprint density at radius 2 is 2.06 bits per heavy atom. The van der Waals surface area contributed by atoms with Crippen LogP contribution in [0.15, 0.2) is 35.3 Å². The number of aromatic nitrogens is 2. The summed E-state index contributed by atoms with van der Waals surface area (Å²) < 4.78 is 13.2. The Balaban J connectivity index is 0.00000363. The quantitative estimate of drug-likeness (QED) is 0.192. The first kappa shape index (κ1) is 26.6. The van der Waals surface area contributed by atoms with Crippen molar-refractivity contribution in [3.63, 3.8) is 0 Å². The summed E-state index contributed by atoms with van der Waals surface area (Å²) in [6, 6.07) is 10.4. The van der Waals surface area contributed by atoms with Crippen molar-refractivity contribution in [3.05, 3.63) is 52.8 Å². The first-order valence-corrected chi connectivity index (χ1v) is 11.4. The zero-order valence-electron chi connectivity index (χ0n) is 19.6. The van der Waals surface area contributed by atoms with Crippen LogP contribution in [0.25, 0.3) is 0 Å². The highest BCUT2D eigenvalue weighted by Crippen LogP contribution is 2.16. The number of benzene rings is 1. The topological polar surface area (TPSA) is 72.7 Å². The van der Waals surface area contributed by atoms with Gasteiger partial charge >= 0.3 is 0 Å². The lowest BCUT2D eigenvalue weighted by atomic mass is 10.1. The highest BCUT2D eigenvalue weighted by Gasteiger charge is 2.15. The Morgan fingerprint density at radius 3 is 2.78 bits per heavy atom. The van der Waals surface area contributed by atoms with Crippen LogP contribution in [0.1, 0.15) is 42.3 Å². The van der Waals surface area contributed by atoms with Crippen LogP contribution in [-0.2, 0) is 22.6 Å². The van der Waals surface area contributed by atoms with Crippen LogP contribution in [0.5, 0.6) is 0 Å². The third-order valence-corrected chi connectivity index (χ3v) is 5.58. The molecule has 1 aromatic heterocycles. The molecule has 32 heavy (non-hydrogen) atoms. The van der Waals surface area contributed by atoms with Gasteiger partial charge in [0.25, 0.3) is 0 Å². The van der Waals surface area contributed by atoms with Crippen molar-refractivity contribution in [2.24, 2.45) is 10.9 Å². The fourth-order valence-electron chi connectivity index (χ4n) is 3.72. The van der Waals surface area contributed by atoms with Crippen molar-refractivity contribution in [1.29, 1.82) is 0 Å². The predicted octanol–water partition coefficient (Wildman–Crippen LogP) is 3.66. The van der Waals surface area contributed by atoms with Gasteiger partial charge in [0.1, 0.15) is 0 Å². The van der Waals surface area contributed by atoms with Gasteiger partial charge in [-0.2, -0.15) is 5.10 Å². The van der Waals surface area contributed by atoms with Gasteiger partial charge in [-0.1, -0.05) is 30.3 Å². The zero-order chi connectivity index (χ0) is 21.9. The minimum atomic E-state index is 0. The molecule has 1 unspecified atom stereocenters. The van der Waals surface area contributed by atoms with Crippen LogP contribution in [0, 0.1) is 19.8 Å². The molecule has 7 nitrogen and oxygen atoms in total. The lowest BCUT2D eigenvalue weighted by molar-refractivity contribution is 0.0888. The predicted molar refractivity (Wildman–Crippen MR) is 140 cm³/mol. The smallest absolute Gasteiger partial charge is 0.191 e. The molecule has 8 heteroatoms. The molecule has 1 atom stereocenters. The number of halogens is 1. The van der Waals surface area contributed by atoms with Crippen LogP contribution in [0.3, 0.4) is 0 Å². The van der Waals surface area contributed by atoms with E-state index in [0.29, 0.717) is 12.5 Å². The Bertz CT molecular complexity index is 819. The van der Waals surface area contributed by atoms with Crippen molar-refractivity contribution in [2.75, 3.05) is 39.5 Å². The number of hydrogen-bond acceptors (Lipinski definition) is 4. The van der Waals surface area contributed by atoms with Crippen molar-refractivity contribution in [3.8, 4) is 0 Å².